The molecule has 0 fully saturated rings. The Hall–Kier alpha value is -4.71. The second kappa shape index (κ2) is 12.6. The van der Waals surface area contributed by atoms with E-state index in [2.05, 4.69) is 5.32 Å². The molecule has 238 valence electrons. The molecular weight excluding hydrogens is 622 g/mol. The number of hydrogen-bond donors (Lipinski definition) is 2. The Balaban J connectivity index is 1.58. The van der Waals surface area contributed by atoms with Gasteiger partial charge in [-0.3, -0.25) is 4.79 Å². The van der Waals surface area contributed by atoms with Crippen LogP contribution in [0, 0.1) is 5.82 Å². The molecule has 2 N–H and O–H groups in total. The van der Waals surface area contributed by atoms with Crippen LogP contribution in [0.5, 0.6) is 5.88 Å². The first kappa shape index (κ1) is 31.3. The van der Waals surface area contributed by atoms with Gasteiger partial charge in [-0.25, -0.2) is 14.2 Å². The van der Waals surface area contributed by atoms with Gasteiger partial charge in [-0.15, -0.1) is 11.3 Å². The Labute approximate surface area is 265 Å². The molecule has 7 nitrogen and oxygen atoms in total. The zero-order valence-electron chi connectivity index (χ0n) is 24.7. The number of nitrogens with one attached hydrogen (secondary N) is 1. The lowest BCUT2D eigenvalue weighted by molar-refractivity contribution is -0.137. The van der Waals surface area contributed by atoms with Gasteiger partial charge in [0.1, 0.15) is 5.82 Å². The number of carbonyl (C=O) groups excluding carboxylic acids is 2. The van der Waals surface area contributed by atoms with Crippen molar-refractivity contribution >= 4 is 34.1 Å². The van der Waals surface area contributed by atoms with E-state index in [1.807, 2.05) is 17.5 Å². The second-order valence-corrected chi connectivity index (χ2v) is 12.0. The lowest BCUT2D eigenvalue weighted by Gasteiger charge is -2.18. The first-order valence-corrected chi connectivity index (χ1v) is 15.6. The number of aryl methyl sites for hydroxylation is 1. The van der Waals surface area contributed by atoms with Crippen LogP contribution in [0.2, 0.25) is 0 Å². The van der Waals surface area contributed by atoms with Gasteiger partial charge in [0, 0.05) is 41.2 Å². The van der Waals surface area contributed by atoms with Gasteiger partial charge in [0.2, 0.25) is 5.88 Å². The molecule has 4 heterocycles. The Morgan fingerprint density at radius 3 is 2.61 bits per heavy atom. The third-order valence-electron chi connectivity index (χ3n) is 7.96. The van der Waals surface area contributed by atoms with E-state index in [1.54, 1.807) is 11.5 Å². The Morgan fingerprint density at radius 1 is 1.13 bits per heavy atom. The van der Waals surface area contributed by atoms with Crippen LogP contribution in [-0.4, -0.2) is 39.7 Å². The number of benzene rings is 2. The predicted molar refractivity (Wildman–Crippen MR) is 166 cm³/mol. The molecule has 46 heavy (non-hydrogen) atoms. The van der Waals surface area contributed by atoms with E-state index in [4.69, 9.17) is 9.72 Å². The summed E-state index contributed by atoms with van der Waals surface area (Å²) in [5.41, 5.74) is 0.194. The fourth-order valence-electron chi connectivity index (χ4n) is 5.91. The Kier molecular flexibility index (Phi) is 8.56. The fourth-order valence-corrected chi connectivity index (χ4v) is 6.62. The van der Waals surface area contributed by atoms with Crippen LogP contribution in [-0.2, 0) is 36.7 Å². The van der Waals surface area contributed by atoms with Gasteiger partial charge in [-0.2, -0.15) is 13.2 Å². The molecular formula is C34H29F4N3O4S. The molecule has 6 rings (SSSR count). The van der Waals surface area contributed by atoms with Crippen molar-refractivity contribution in [2.45, 2.75) is 45.3 Å². The lowest BCUT2D eigenvalue weighted by Crippen LogP contribution is -2.26. The van der Waals surface area contributed by atoms with E-state index in [0.29, 0.717) is 36.2 Å². The number of aromatic nitrogens is 2. The topological polar surface area (TPSA) is 93.4 Å². The predicted octanol–water partition coefficient (Wildman–Crippen LogP) is 7.31. The fraction of sp³-hybridized carbons (Fsp3) is 0.265. The molecule has 2 aromatic carbocycles. The summed E-state index contributed by atoms with van der Waals surface area (Å²) in [6, 6.07) is 12.3. The molecule has 1 amide bonds. The molecule has 0 atom stereocenters. The van der Waals surface area contributed by atoms with E-state index in [0.717, 1.165) is 23.4 Å². The normalized spacial score (nSPS) is 12.8. The molecule has 12 heteroatoms. The quantitative estimate of drug-likeness (QED) is 0.129. The minimum Gasteiger partial charge on any atom is -0.494 e. The highest BCUT2D eigenvalue weighted by molar-refractivity contribution is 7.09. The summed E-state index contributed by atoms with van der Waals surface area (Å²) in [7, 11) is 0. The number of pyridine rings is 1. The van der Waals surface area contributed by atoms with E-state index in [9.17, 15) is 32.3 Å². The van der Waals surface area contributed by atoms with Crippen LogP contribution in [0.25, 0.3) is 22.0 Å². The van der Waals surface area contributed by atoms with Crippen molar-refractivity contribution in [3.05, 3.63) is 104 Å². The molecule has 0 saturated carbocycles. The maximum absolute atomic E-state index is 14.4. The molecule has 1 aliphatic heterocycles. The molecule has 5 aromatic rings. The van der Waals surface area contributed by atoms with Crippen molar-refractivity contribution in [2.24, 2.45) is 0 Å². The maximum atomic E-state index is 14.4. The summed E-state index contributed by atoms with van der Waals surface area (Å²) in [5.74, 6) is -2.27. The van der Waals surface area contributed by atoms with Crippen molar-refractivity contribution in [3.63, 3.8) is 0 Å². The summed E-state index contributed by atoms with van der Waals surface area (Å²) >= 11 is 1.50. The van der Waals surface area contributed by atoms with Crippen molar-refractivity contribution in [1.29, 1.82) is 0 Å². The average Bonchev–Trinajstić information content (AvgIpc) is 3.78. The van der Waals surface area contributed by atoms with Crippen LogP contribution in [0.3, 0.4) is 0 Å². The SMILES string of the molecule is CCOC(=O)c1c(Cc2ccc(F)cc2)nc2c3n(c(O)c2c1-c1cc(C(=O)NCCc2cccs2)cc(C(F)(F)F)c1)CCC3. The van der Waals surface area contributed by atoms with Crippen molar-refractivity contribution in [3.8, 4) is 17.0 Å². The number of aromatic hydroxyl groups is 1. The first-order chi connectivity index (χ1) is 22.0. The highest BCUT2D eigenvalue weighted by Crippen LogP contribution is 2.45. The highest BCUT2D eigenvalue weighted by atomic mass is 32.1. The van der Waals surface area contributed by atoms with Crippen LogP contribution in [0.1, 0.15) is 61.5 Å². The first-order valence-electron chi connectivity index (χ1n) is 14.8. The Bertz CT molecular complexity index is 1930. The number of hydrogen-bond acceptors (Lipinski definition) is 6. The number of fused-ring (bicyclic) bond motifs is 3. The summed E-state index contributed by atoms with van der Waals surface area (Å²) < 4.78 is 63.8. The number of ether oxygens (including phenoxy) is 1. The number of esters is 1. The number of carbonyl (C=O) groups is 2. The number of amides is 1. The van der Waals surface area contributed by atoms with E-state index in [-0.39, 0.29) is 58.8 Å². The largest absolute Gasteiger partial charge is 0.494 e. The molecule has 0 bridgehead atoms. The third-order valence-corrected chi connectivity index (χ3v) is 8.89. The van der Waals surface area contributed by atoms with Gasteiger partial charge >= 0.3 is 12.1 Å². The minimum atomic E-state index is -4.83. The van der Waals surface area contributed by atoms with Gasteiger partial charge in [0.15, 0.2) is 0 Å². The smallest absolute Gasteiger partial charge is 0.416 e. The average molecular weight is 652 g/mol. The molecule has 0 radical (unpaired) electrons. The Morgan fingerprint density at radius 2 is 1.91 bits per heavy atom. The van der Waals surface area contributed by atoms with Gasteiger partial charge in [0.25, 0.3) is 5.91 Å². The maximum Gasteiger partial charge on any atom is 0.416 e. The number of alkyl halides is 3. The van der Waals surface area contributed by atoms with Crippen LogP contribution < -0.4 is 5.32 Å². The molecule has 1 aliphatic rings. The number of nitrogens with zero attached hydrogens (tertiary/aromatic N) is 2. The molecule has 0 saturated heterocycles. The third kappa shape index (κ3) is 6.09. The van der Waals surface area contributed by atoms with Gasteiger partial charge in [-0.1, -0.05) is 18.2 Å². The standard InChI is InChI=1S/C34H29F4N3O4S/c1-2-45-33(44)28-25(15-19-7-9-23(35)10-8-19)40-30-26-6-3-13-41(26)32(43)29(30)27(28)20-16-21(18-22(17-20)34(36,37)38)31(42)39-12-11-24-5-4-14-46-24/h4-5,7-10,14,16-18,43H,2-3,6,11-13,15H2,1H3,(H,39,42). The monoisotopic (exact) mass is 651 g/mol. The lowest BCUT2D eigenvalue weighted by atomic mass is 9.90. The number of halogens is 4. The van der Waals surface area contributed by atoms with E-state index in [1.165, 1.54) is 41.7 Å². The zero-order valence-corrected chi connectivity index (χ0v) is 25.5. The van der Waals surface area contributed by atoms with E-state index < -0.39 is 29.4 Å². The molecule has 0 aliphatic carbocycles. The van der Waals surface area contributed by atoms with Crippen LogP contribution >= 0.6 is 11.3 Å². The van der Waals surface area contributed by atoms with Crippen molar-refractivity contribution in [2.75, 3.05) is 13.2 Å². The van der Waals surface area contributed by atoms with Crippen molar-refractivity contribution in [1.82, 2.24) is 14.9 Å². The number of rotatable bonds is 9. The summed E-state index contributed by atoms with van der Waals surface area (Å²) in [6.45, 7) is 2.22. The molecule has 3 aromatic heterocycles. The zero-order chi connectivity index (χ0) is 32.6. The molecule has 0 unspecified atom stereocenters. The van der Waals surface area contributed by atoms with Gasteiger partial charge in [-0.05, 0) is 79.1 Å². The van der Waals surface area contributed by atoms with E-state index >= 15 is 0 Å². The number of thiophene rings is 1. The summed E-state index contributed by atoms with van der Waals surface area (Å²) in [4.78, 5) is 32.8. The molecule has 0 spiro atoms. The minimum absolute atomic E-state index is 0.0151. The van der Waals surface area contributed by atoms with Crippen LogP contribution in [0.15, 0.2) is 60.0 Å². The second-order valence-electron chi connectivity index (χ2n) is 11.0. The van der Waals surface area contributed by atoms with Crippen LogP contribution in [0.4, 0.5) is 17.6 Å². The van der Waals surface area contributed by atoms with Crippen molar-refractivity contribution < 1.29 is 37.0 Å². The summed E-state index contributed by atoms with van der Waals surface area (Å²) in [5, 5.41) is 16.1. The highest BCUT2D eigenvalue weighted by Gasteiger charge is 2.35. The summed E-state index contributed by atoms with van der Waals surface area (Å²) in [6.07, 6.45) is -3.03. The van der Waals surface area contributed by atoms with Gasteiger partial charge in [0.05, 0.1) is 34.3 Å². The van der Waals surface area contributed by atoms with Gasteiger partial charge < -0.3 is 19.7 Å².